The fourth-order valence-corrected chi connectivity index (χ4v) is 2.01. The molecule has 0 aromatic heterocycles. The molecule has 84 valence electrons. The molecule has 1 fully saturated rings. The number of aliphatic hydroxyl groups excluding tert-OH is 1. The minimum atomic E-state index is -0.763. The molecule has 0 amide bonds. The number of hydrogen-bond acceptors (Lipinski definition) is 3. The zero-order chi connectivity index (χ0) is 10.9. The molecule has 2 N–H and O–H groups in total. The van der Waals surface area contributed by atoms with E-state index in [9.17, 15) is 9.32 Å². The van der Waals surface area contributed by atoms with Crippen molar-refractivity contribution in [1.82, 2.24) is 5.32 Å². The summed E-state index contributed by atoms with van der Waals surface area (Å²) in [6.45, 7) is 6.87. The van der Waals surface area contributed by atoms with Crippen molar-refractivity contribution in [2.45, 2.75) is 44.6 Å². The van der Waals surface area contributed by atoms with E-state index in [0.29, 0.717) is 6.04 Å². The van der Waals surface area contributed by atoms with Gasteiger partial charge in [0.25, 0.3) is 0 Å². The smallest absolute Gasteiger partial charge is 0.0621 e. The van der Waals surface area contributed by atoms with Gasteiger partial charge >= 0.3 is 0 Å². The Labute approximate surface area is 88.7 Å². The van der Waals surface area contributed by atoms with Gasteiger partial charge in [0.1, 0.15) is 0 Å². The topological polar surface area (TPSA) is 49.3 Å². The minimum absolute atomic E-state index is 0.0328. The molecule has 1 saturated carbocycles. The second-order valence-electron chi connectivity index (χ2n) is 4.84. The molecule has 0 spiro atoms. The molecule has 0 aliphatic heterocycles. The Balaban J connectivity index is 2.31. The Kier molecular flexibility index (Phi) is 3.72. The second kappa shape index (κ2) is 4.29. The lowest BCUT2D eigenvalue weighted by molar-refractivity contribution is -0.0720. The van der Waals surface area contributed by atoms with Crippen molar-refractivity contribution in [3.05, 3.63) is 0 Å². The minimum Gasteiger partial charge on any atom is -0.392 e. The molecule has 0 saturated heterocycles. The molecule has 0 bridgehead atoms. The van der Waals surface area contributed by atoms with E-state index in [-0.39, 0.29) is 16.8 Å². The molecule has 4 heteroatoms. The van der Waals surface area contributed by atoms with Crippen molar-refractivity contribution in [2.24, 2.45) is 5.41 Å². The Morgan fingerprint density at radius 2 is 2.21 bits per heavy atom. The van der Waals surface area contributed by atoms with Crippen molar-refractivity contribution in [2.75, 3.05) is 12.8 Å². The summed E-state index contributed by atoms with van der Waals surface area (Å²) in [7, 11) is -0.763. The lowest BCUT2D eigenvalue weighted by Crippen LogP contribution is -2.60. The van der Waals surface area contributed by atoms with Gasteiger partial charge in [-0.25, -0.2) is 0 Å². The van der Waals surface area contributed by atoms with Crippen LogP contribution in [0.25, 0.3) is 0 Å². The zero-order valence-electron chi connectivity index (χ0n) is 9.41. The van der Waals surface area contributed by atoms with Gasteiger partial charge < -0.3 is 10.4 Å². The molecule has 1 aliphatic carbocycles. The highest BCUT2D eigenvalue weighted by Gasteiger charge is 2.46. The van der Waals surface area contributed by atoms with E-state index in [1.54, 1.807) is 6.26 Å². The molecule has 1 aliphatic rings. The van der Waals surface area contributed by atoms with Crippen LogP contribution in [-0.4, -0.2) is 39.5 Å². The van der Waals surface area contributed by atoms with Crippen LogP contribution in [0, 0.1) is 5.41 Å². The van der Waals surface area contributed by atoms with Gasteiger partial charge in [-0.3, -0.25) is 4.21 Å². The van der Waals surface area contributed by atoms with Crippen molar-refractivity contribution in [3.8, 4) is 0 Å². The van der Waals surface area contributed by atoms with Gasteiger partial charge in [0, 0.05) is 40.3 Å². The first-order valence-electron chi connectivity index (χ1n) is 5.09. The molecule has 0 radical (unpaired) electrons. The molecule has 4 unspecified atom stereocenters. The predicted octanol–water partition coefficient (Wildman–Crippen LogP) is 0.502. The number of aliphatic hydroxyl groups is 1. The first-order chi connectivity index (χ1) is 6.35. The largest absolute Gasteiger partial charge is 0.392 e. The van der Waals surface area contributed by atoms with E-state index in [0.717, 1.165) is 13.0 Å². The molecule has 14 heavy (non-hydrogen) atoms. The highest BCUT2D eigenvalue weighted by molar-refractivity contribution is 7.84. The summed E-state index contributed by atoms with van der Waals surface area (Å²) in [5.41, 5.74) is -0.0328. The Morgan fingerprint density at radius 3 is 2.57 bits per heavy atom. The van der Waals surface area contributed by atoms with Crippen LogP contribution in [0.15, 0.2) is 0 Å². The third-order valence-electron chi connectivity index (χ3n) is 3.43. The predicted molar refractivity (Wildman–Crippen MR) is 59.7 cm³/mol. The maximum absolute atomic E-state index is 11.1. The van der Waals surface area contributed by atoms with E-state index < -0.39 is 10.8 Å². The van der Waals surface area contributed by atoms with Crippen LogP contribution < -0.4 is 5.32 Å². The van der Waals surface area contributed by atoms with Crippen LogP contribution in [0.5, 0.6) is 0 Å². The van der Waals surface area contributed by atoms with Crippen LogP contribution in [0.3, 0.4) is 0 Å². The molecular formula is C10H21NO2S. The van der Waals surface area contributed by atoms with Crippen LogP contribution >= 0.6 is 0 Å². The maximum atomic E-state index is 11.1. The first kappa shape index (κ1) is 12.1. The van der Waals surface area contributed by atoms with Gasteiger partial charge in [-0.05, 0) is 13.3 Å². The van der Waals surface area contributed by atoms with E-state index in [1.807, 2.05) is 6.92 Å². The summed E-state index contributed by atoms with van der Waals surface area (Å²) in [5, 5.41) is 13.1. The lowest BCUT2D eigenvalue weighted by Gasteiger charge is -2.50. The molecule has 0 heterocycles. The van der Waals surface area contributed by atoms with Crippen LogP contribution in [0.4, 0.5) is 0 Å². The Hall–Kier alpha value is 0.0700. The maximum Gasteiger partial charge on any atom is 0.0621 e. The third-order valence-corrected chi connectivity index (χ3v) is 4.73. The number of rotatable bonds is 4. The highest BCUT2D eigenvalue weighted by Crippen LogP contribution is 2.40. The Bertz CT molecular complexity index is 230. The summed E-state index contributed by atoms with van der Waals surface area (Å²) in [6.07, 6.45) is 2.35. The standard InChI is InChI=1S/C10H21NO2S/c1-7(14(4)13)6-11-8-5-9(12)10(8,2)3/h7-9,11-12H,5-6H2,1-4H3. The van der Waals surface area contributed by atoms with Gasteiger partial charge in [-0.1, -0.05) is 13.8 Å². The monoisotopic (exact) mass is 219 g/mol. The van der Waals surface area contributed by atoms with Crippen LogP contribution in [0.1, 0.15) is 27.2 Å². The second-order valence-corrected chi connectivity index (χ2v) is 6.64. The fourth-order valence-electron chi connectivity index (χ4n) is 1.67. The van der Waals surface area contributed by atoms with E-state index in [1.165, 1.54) is 0 Å². The average Bonchev–Trinajstić information content (AvgIpc) is 2.11. The molecule has 1 rings (SSSR count). The van der Waals surface area contributed by atoms with Gasteiger partial charge in [-0.15, -0.1) is 0 Å². The molecule has 0 aromatic carbocycles. The van der Waals surface area contributed by atoms with Gasteiger partial charge in [-0.2, -0.15) is 0 Å². The van der Waals surface area contributed by atoms with Crippen LogP contribution in [0.2, 0.25) is 0 Å². The SMILES string of the molecule is CC(CNC1CC(O)C1(C)C)S(C)=O. The molecule has 3 nitrogen and oxygen atoms in total. The van der Waals surface area contributed by atoms with Gasteiger partial charge in [0.2, 0.25) is 0 Å². The molecular weight excluding hydrogens is 198 g/mol. The summed E-state index contributed by atoms with van der Waals surface area (Å²) in [6, 6.07) is 0.364. The fraction of sp³-hybridized carbons (Fsp3) is 1.00. The van der Waals surface area contributed by atoms with Crippen molar-refractivity contribution < 1.29 is 9.32 Å². The Morgan fingerprint density at radius 1 is 1.64 bits per heavy atom. The zero-order valence-corrected chi connectivity index (χ0v) is 10.2. The lowest BCUT2D eigenvalue weighted by atomic mass is 9.64. The van der Waals surface area contributed by atoms with Gasteiger partial charge in [0.15, 0.2) is 0 Å². The van der Waals surface area contributed by atoms with E-state index in [4.69, 9.17) is 0 Å². The normalized spacial score (nSPS) is 34.6. The van der Waals surface area contributed by atoms with Crippen LogP contribution in [-0.2, 0) is 10.8 Å². The summed E-state index contributed by atoms with van der Waals surface area (Å²) >= 11 is 0. The van der Waals surface area contributed by atoms with Crippen molar-refractivity contribution in [1.29, 1.82) is 0 Å². The molecule has 4 atom stereocenters. The third kappa shape index (κ3) is 2.35. The quantitative estimate of drug-likeness (QED) is 0.724. The summed E-state index contributed by atoms with van der Waals surface area (Å²) < 4.78 is 11.1. The van der Waals surface area contributed by atoms with Crippen molar-refractivity contribution in [3.63, 3.8) is 0 Å². The average molecular weight is 219 g/mol. The van der Waals surface area contributed by atoms with Crippen molar-refractivity contribution >= 4 is 10.8 Å². The van der Waals surface area contributed by atoms with E-state index >= 15 is 0 Å². The molecule has 0 aromatic rings. The van der Waals surface area contributed by atoms with E-state index in [2.05, 4.69) is 19.2 Å². The highest BCUT2D eigenvalue weighted by atomic mass is 32.2. The van der Waals surface area contributed by atoms with Gasteiger partial charge in [0.05, 0.1) is 6.10 Å². The summed E-state index contributed by atoms with van der Waals surface area (Å²) in [5.74, 6) is 0. The summed E-state index contributed by atoms with van der Waals surface area (Å²) in [4.78, 5) is 0. The first-order valence-corrected chi connectivity index (χ1v) is 6.71. The number of nitrogens with one attached hydrogen (secondary N) is 1. The number of hydrogen-bond donors (Lipinski definition) is 2.